The quantitative estimate of drug-likeness (QED) is 0.651. The molecule has 1 atom stereocenters. The molecule has 0 amide bonds. The van der Waals surface area contributed by atoms with Gasteiger partial charge in [-0.15, -0.1) is 24.2 Å². The molecule has 0 aromatic heterocycles. The van der Waals surface area contributed by atoms with Gasteiger partial charge in [-0.3, -0.25) is 0 Å². The predicted molar refractivity (Wildman–Crippen MR) is 80.3 cm³/mol. The number of nitrogen functional groups attached to an aromatic ring is 1. The van der Waals surface area contributed by atoms with Crippen molar-refractivity contribution in [1.29, 1.82) is 0 Å². The summed E-state index contributed by atoms with van der Waals surface area (Å²) in [5.41, 5.74) is 6.02. The molecule has 1 saturated heterocycles. The van der Waals surface area contributed by atoms with Gasteiger partial charge in [0.15, 0.2) is 5.37 Å². The van der Waals surface area contributed by atoms with Crippen LogP contribution in [0.15, 0.2) is 29.2 Å². The minimum Gasteiger partial charge on any atom is -0.467 e. The Hall–Kier alpha value is -0.960. The van der Waals surface area contributed by atoms with Crippen molar-refractivity contribution in [1.82, 2.24) is 4.31 Å². The Bertz CT molecular complexity index is 577. The van der Waals surface area contributed by atoms with Crippen LogP contribution in [-0.2, 0) is 19.6 Å². The summed E-state index contributed by atoms with van der Waals surface area (Å²) < 4.78 is 30.7. The van der Waals surface area contributed by atoms with E-state index in [0.29, 0.717) is 11.4 Å². The molecule has 1 fully saturated rings. The highest BCUT2D eigenvalue weighted by Crippen LogP contribution is 2.30. The SMILES string of the molecule is COC(=O)C1SCCN1S(=O)(=O)c1ccc(N)cc1.Cl. The molecule has 0 radical (unpaired) electrons. The van der Waals surface area contributed by atoms with Crippen LogP contribution in [-0.4, -0.2) is 43.5 Å². The zero-order valence-electron chi connectivity index (χ0n) is 10.7. The van der Waals surface area contributed by atoms with Crippen molar-refractivity contribution >= 4 is 45.8 Å². The average molecular weight is 339 g/mol. The number of hydrogen-bond acceptors (Lipinski definition) is 6. The molecule has 2 rings (SSSR count). The number of halogens is 1. The van der Waals surface area contributed by atoms with E-state index in [1.165, 1.54) is 43.1 Å². The van der Waals surface area contributed by atoms with E-state index >= 15 is 0 Å². The lowest BCUT2D eigenvalue weighted by Crippen LogP contribution is -2.39. The number of carbonyl (C=O) groups is 1. The number of hydrogen-bond donors (Lipinski definition) is 1. The molecule has 1 aliphatic heterocycles. The van der Waals surface area contributed by atoms with Gasteiger partial charge in [0.1, 0.15) is 0 Å². The molecular formula is C11H15ClN2O4S2. The summed E-state index contributed by atoms with van der Waals surface area (Å²) >= 11 is 1.26. The van der Waals surface area contributed by atoms with Gasteiger partial charge in [-0.05, 0) is 24.3 Å². The highest BCUT2D eigenvalue weighted by Gasteiger charge is 2.40. The standard InChI is InChI=1S/C11H14N2O4S2.ClH/c1-17-11(14)10-13(6-7-18-10)19(15,16)9-4-2-8(12)3-5-9;/h2-5,10H,6-7,12H2,1H3;1H. The van der Waals surface area contributed by atoms with Crippen molar-refractivity contribution in [2.45, 2.75) is 10.3 Å². The van der Waals surface area contributed by atoms with Gasteiger partial charge in [0.25, 0.3) is 0 Å². The van der Waals surface area contributed by atoms with Crippen LogP contribution in [0.2, 0.25) is 0 Å². The third kappa shape index (κ3) is 3.20. The highest BCUT2D eigenvalue weighted by molar-refractivity contribution is 8.02. The normalized spacial score (nSPS) is 19.4. The first-order chi connectivity index (χ1) is 8.96. The number of nitrogens with zero attached hydrogens (tertiary/aromatic N) is 1. The fourth-order valence-corrected chi connectivity index (χ4v) is 4.85. The van der Waals surface area contributed by atoms with E-state index < -0.39 is 21.4 Å². The number of rotatable bonds is 3. The largest absolute Gasteiger partial charge is 0.467 e. The molecule has 0 bridgehead atoms. The number of sulfonamides is 1. The minimum atomic E-state index is -3.70. The lowest BCUT2D eigenvalue weighted by Gasteiger charge is -2.21. The van der Waals surface area contributed by atoms with Gasteiger partial charge in [0.2, 0.25) is 10.0 Å². The number of thioether (sulfide) groups is 1. The van der Waals surface area contributed by atoms with Crippen molar-refractivity contribution in [2.75, 3.05) is 25.1 Å². The molecule has 6 nitrogen and oxygen atoms in total. The number of methoxy groups -OCH3 is 1. The Morgan fingerprint density at radius 3 is 2.55 bits per heavy atom. The van der Waals surface area contributed by atoms with E-state index in [4.69, 9.17) is 5.73 Å². The second-order valence-electron chi connectivity index (χ2n) is 3.93. The van der Waals surface area contributed by atoms with E-state index in [2.05, 4.69) is 4.74 Å². The van der Waals surface area contributed by atoms with Gasteiger partial charge in [0.05, 0.1) is 12.0 Å². The molecule has 0 spiro atoms. The Morgan fingerprint density at radius 1 is 1.40 bits per heavy atom. The van der Waals surface area contributed by atoms with Gasteiger partial charge in [-0.1, -0.05) is 0 Å². The molecule has 9 heteroatoms. The zero-order valence-corrected chi connectivity index (χ0v) is 13.1. The summed E-state index contributed by atoms with van der Waals surface area (Å²) in [7, 11) is -2.46. The summed E-state index contributed by atoms with van der Waals surface area (Å²) in [4.78, 5) is 11.7. The van der Waals surface area contributed by atoms with Gasteiger partial charge in [-0.25, -0.2) is 13.2 Å². The molecule has 1 aliphatic rings. The third-order valence-corrected chi connectivity index (χ3v) is 5.93. The Balaban J connectivity index is 0.00000200. The molecule has 1 heterocycles. The van der Waals surface area contributed by atoms with Crippen LogP contribution in [0.5, 0.6) is 0 Å². The first-order valence-corrected chi connectivity index (χ1v) is 8.02. The smallest absolute Gasteiger partial charge is 0.334 e. The maximum absolute atomic E-state index is 12.4. The topological polar surface area (TPSA) is 89.7 Å². The average Bonchev–Trinajstić information content (AvgIpc) is 2.88. The first-order valence-electron chi connectivity index (χ1n) is 5.53. The summed E-state index contributed by atoms with van der Waals surface area (Å²) in [5, 5.41) is -0.812. The lowest BCUT2D eigenvalue weighted by atomic mass is 10.3. The van der Waals surface area contributed by atoms with Crippen LogP contribution in [0, 0.1) is 0 Å². The first kappa shape index (κ1) is 17.1. The molecule has 20 heavy (non-hydrogen) atoms. The van der Waals surface area contributed by atoms with Gasteiger partial charge in [0, 0.05) is 18.0 Å². The van der Waals surface area contributed by atoms with Crippen LogP contribution in [0.25, 0.3) is 0 Å². The fraction of sp³-hybridized carbons (Fsp3) is 0.364. The molecular weight excluding hydrogens is 324 g/mol. The maximum atomic E-state index is 12.4. The number of benzene rings is 1. The summed E-state index contributed by atoms with van der Waals surface area (Å²) in [6.45, 7) is 0.289. The van der Waals surface area contributed by atoms with E-state index in [1.54, 1.807) is 0 Å². The van der Waals surface area contributed by atoms with E-state index in [0.717, 1.165) is 4.31 Å². The van der Waals surface area contributed by atoms with Crippen LogP contribution in [0.3, 0.4) is 0 Å². The van der Waals surface area contributed by atoms with Crippen molar-refractivity contribution in [3.05, 3.63) is 24.3 Å². The fourth-order valence-electron chi connectivity index (χ4n) is 1.76. The van der Waals surface area contributed by atoms with Crippen LogP contribution in [0.1, 0.15) is 0 Å². The van der Waals surface area contributed by atoms with Crippen molar-refractivity contribution < 1.29 is 17.9 Å². The summed E-state index contributed by atoms with van der Waals surface area (Å²) in [5.74, 6) is 0.00931. The van der Waals surface area contributed by atoms with E-state index in [9.17, 15) is 13.2 Å². The second-order valence-corrected chi connectivity index (χ2v) is 7.01. The predicted octanol–water partition coefficient (Wildman–Crippen LogP) is 0.927. The lowest BCUT2D eigenvalue weighted by molar-refractivity contribution is -0.141. The number of anilines is 1. The second kappa shape index (κ2) is 6.66. The minimum absolute atomic E-state index is 0. The maximum Gasteiger partial charge on any atom is 0.334 e. The zero-order chi connectivity index (χ0) is 14.0. The van der Waals surface area contributed by atoms with Crippen LogP contribution in [0.4, 0.5) is 5.69 Å². The van der Waals surface area contributed by atoms with Gasteiger partial charge in [-0.2, -0.15) is 4.31 Å². The summed E-state index contributed by atoms with van der Waals surface area (Å²) in [6, 6.07) is 5.90. The highest BCUT2D eigenvalue weighted by atomic mass is 35.5. The number of nitrogens with two attached hydrogens (primary N) is 1. The van der Waals surface area contributed by atoms with Crippen LogP contribution < -0.4 is 5.73 Å². The third-order valence-electron chi connectivity index (χ3n) is 2.74. The molecule has 0 saturated carbocycles. The number of ether oxygens (including phenoxy) is 1. The molecule has 0 aliphatic carbocycles. The molecule has 2 N–H and O–H groups in total. The molecule has 1 aromatic rings. The van der Waals surface area contributed by atoms with Gasteiger partial charge < -0.3 is 10.5 Å². The van der Waals surface area contributed by atoms with E-state index in [1.807, 2.05) is 0 Å². The molecule has 1 unspecified atom stereocenters. The number of carbonyl (C=O) groups excluding carboxylic acids is 1. The van der Waals surface area contributed by atoms with Gasteiger partial charge >= 0.3 is 5.97 Å². The number of esters is 1. The molecule has 1 aromatic carbocycles. The van der Waals surface area contributed by atoms with Crippen LogP contribution >= 0.6 is 24.2 Å². The van der Waals surface area contributed by atoms with Crippen molar-refractivity contribution in [3.8, 4) is 0 Å². The Morgan fingerprint density at radius 2 is 2.00 bits per heavy atom. The van der Waals surface area contributed by atoms with E-state index in [-0.39, 0.29) is 23.8 Å². The monoisotopic (exact) mass is 338 g/mol. The Labute approximate surface area is 128 Å². The van der Waals surface area contributed by atoms with Crippen molar-refractivity contribution in [3.63, 3.8) is 0 Å². The Kier molecular flexibility index (Phi) is 5.69. The summed E-state index contributed by atoms with van der Waals surface area (Å²) in [6.07, 6.45) is 0. The van der Waals surface area contributed by atoms with Crippen molar-refractivity contribution in [2.24, 2.45) is 0 Å². The molecule has 112 valence electrons.